The Kier molecular flexibility index (Phi) is 4.95. The van der Waals surface area contributed by atoms with E-state index in [4.69, 9.17) is 4.74 Å². The highest BCUT2D eigenvalue weighted by molar-refractivity contribution is 7.90. The van der Waals surface area contributed by atoms with Gasteiger partial charge in [0, 0.05) is 43.3 Å². The fourth-order valence-electron chi connectivity index (χ4n) is 3.72. The minimum Gasteiger partial charge on any atom is -0.381 e. The van der Waals surface area contributed by atoms with Crippen LogP contribution >= 0.6 is 0 Å². The van der Waals surface area contributed by atoms with Crippen LogP contribution < -0.4 is 5.32 Å². The number of sulfone groups is 1. The molecule has 0 aliphatic carbocycles. The van der Waals surface area contributed by atoms with Crippen LogP contribution in [0.25, 0.3) is 16.8 Å². The molecular weight excluding hydrogens is 416 g/mol. The van der Waals surface area contributed by atoms with E-state index in [1.165, 1.54) is 6.26 Å². The predicted octanol–water partition coefficient (Wildman–Crippen LogP) is 2.78. The van der Waals surface area contributed by atoms with Crippen molar-refractivity contribution in [3.05, 3.63) is 55.0 Å². The first-order valence-corrected chi connectivity index (χ1v) is 11.9. The summed E-state index contributed by atoms with van der Waals surface area (Å²) >= 11 is 0. The van der Waals surface area contributed by atoms with Crippen molar-refractivity contribution in [1.29, 1.82) is 0 Å². The number of pyridine rings is 1. The molecular formula is C21H22N6O3S. The molecule has 0 saturated carbocycles. The first-order chi connectivity index (χ1) is 15.0. The lowest BCUT2D eigenvalue weighted by Crippen LogP contribution is -2.10. The first kappa shape index (κ1) is 19.7. The summed E-state index contributed by atoms with van der Waals surface area (Å²) in [5, 5.41) is 12.1. The van der Waals surface area contributed by atoms with E-state index in [1.807, 2.05) is 29.2 Å². The summed E-state index contributed by atoms with van der Waals surface area (Å²) in [6.45, 7) is 2.43. The molecule has 1 aliphatic heterocycles. The van der Waals surface area contributed by atoms with Gasteiger partial charge in [-0.3, -0.25) is 4.68 Å². The topological polar surface area (TPSA) is 103 Å². The van der Waals surface area contributed by atoms with Crippen molar-refractivity contribution in [1.82, 2.24) is 24.4 Å². The Morgan fingerprint density at radius 2 is 2.06 bits per heavy atom. The van der Waals surface area contributed by atoms with E-state index in [-0.39, 0.29) is 4.90 Å². The number of rotatable bonds is 6. The van der Waals surface area contributed by atoms with Gasteiger partial charge in [-0.05, 0) is 36.2 Å². The summed E-state index contributed by atoms with van der Waals surface area (Å²) in [5.41, 5.74) is 3.21. The molecule has 1 fully saturated rings. The number of aromatic nitrogens is 5. The second-order valence-corrected chi connectivity index (χ2v) is 9.74. The number of hydrogen-bond acceptors (Lipinski definition) is 7. The summed E-state index contributed by atoms with van der Waals surface area (Å²) in [6.07, 6.45) is 7.78. The van der Waals surface area contributed by atoms with Gasteiger partial charge in [0.2, 0.25) is 5.95 Å². The second-order valence-electron chi connectivity index (χ2n) is 7.73. The third-order valence-corrected chi connectivity index (χ3v) is 6.44. The van der Waals surface area contributed by atoms with Crippen LogP contribution in [-0.4, -0.2) is 52.3 Å². The monoisotopic (exact) mass is 438 g/mol. The van der Waals surface area contributed by atoms with Crippen molar-refractivity contribution in [3.63, 3.8) is 0 Å². The van der Waals surface area contributed by atoms with Crippen molar-refractivity contribution >= 4 is 27.1 Å². The number of nitrogens with zero attached hydrogens (tertiary/aromatic N) is 5. The molecule has 0 spiro atoms. The average Bonchev–Trinajstić information content (AvgIpc) is 3.49. The standard InChI is InChI=1S/C21H22N6O3S/c1-31(28,29)18-6-4-16(5-7-18)19-3-2-9-27-20(19)24-21(25-27)23-17-11-22-26(13-17)12-15-8-10-30-14-15/h2-7,9,11,13,15H,8,10,12,14H2,1H3,(H,23,25). The van der Waals surface area contributed by atoms with Gasteiger partial charge in [-0.25, -0.2) is 12.9 Å². The van der Waals surface area contributed by atoms with Gasteiger partial charge in [0.05, 0.1) is 23.4 Å². The summed E-state index contributed by atoms with van der Waals surface area (Å²) in [6, 6.07) is 10.6. The van der Waals surface area contributed by atoms with Crippen molar-refractivity contribution in [2.24, 2.45) is 5.92 Å². The van der Waals surface area contributed by atoms with Crippen molar-refractivity contribution in [2.75, 3.05) is 24.8 Å². The zero-order valence-electron chi connectivity index (χ0n) is 17.0. The molecule has 31 heavy (non-hydrogen) atoms. The summed E-state index contributed by atoms with van der Waals surface area (Å²) in [7, 11) is -3.24. The molecule has 1 unspecified atom stereocenters. The average molecular weight is 439 g/mol. The number of benzene rings is 1. The maximum absolute atomic E-state index is 11.7. The van der Waals surface area contributed by atoms with E-state index >= 15 is 0 Å². The fraction of sp³-hybridized carbons (Fsp3) is 0.286. The van der Waals surface area contributed by atoms with Crippen LogP contribution in [0, 0.1) is 5.92 Å². The number of hydrogen-bond donors (Lipinski definition) is 1. The Morgan fingerprint density at radius 1 is 1.23 bits per heavy atom. The third kappa shape index (κ3) is 4.17. The zero-order chi connectivity index (χ0) is 21.4. The molecule has 4 aromatic rings. The van der Waals surface area contributed by atoms with Gasteiger partial charge in [-0.15, -0.1) is 5.10 Å². The van der Waals surface area contributed by atoms with Crippen LogP contribution in [0.3, 0.4) is 0 Å². The fourth-order valence-corrected chi connectivity index (χ4v) is 4.35. The van der Waals surface area contributed by atoms with Crippen molar-refractivity contribution < 1.29 is 13.2 Å². The molecule has 0 radical (unpaired) electrons. The Balaban J connectivity index is 1.39. The lowest BCUT2D eigenvalue weighted by molar-refractivity contribution is 0.181. The highest BCUT2D eigenvalue weighted by atomic mass is 32.2. The molecule has 1 saturated heterocycles. The summed E-state index contributed by atoms with van der Waals surface area (Å²) in [4.78, 5) is 4.92. The van der Waals surface area contributed by atoms with Crippen molar-refractivity contribution in [3.8, 4) is 11.1 Å². The Labute approximate surface area is 179 Å². The molecule has 0 amide bonds. The molecule has 5 rings (SSSR count). The van der Waals surface area contributed by atoms with Gasteiger partial charge >= 0.3 is 0 Å². The summed E-state index contributed by atoms with van der Waals surface area (Å²) < 4.78 is 32.5. The van der Waals surface area contributed by atoms with E-state index in [0.29, 0.717) is 17.5 Å². The predicted molar refractivity (Wildman–Crippen MR) is 116 cm³/mol. The molecule has 9 nitrogen and oxygen atoms in total. The van der Waals surface area contributed by atoms with E-state index in [2.05, 4.69) is 20.5 Å². The maximum Gasteiger partial charge on any atom is 0.247 e. The molecule has 1 aliphatic rings. The lowest BCUT2D eigenvalue weighted by atomic mass is 10.1. The minimum absolute atomic E-state index is 0.285. The number of anilines is 2. The first-order valence-electron chi connectivity index (χ1n) is 9.99. The van der Waals surface area contributed by atoms with E-state index in [1.54, 1.807) is 35.0 Å². The van der Waals surface area contributed by atoms with Gasteiger partial charge in [0.25, 0.3) is 0 Å². The zero-order valence-corrected chi connectivity index (χ0v) is 17.8. The van der Waals surface area contributed by atoms with Gasteiger partial charge < -0.3 is 10.1 Å². The molecule has 1 N–H and O–H groups in total. The quantitative estimate of drug-likeness (QED) is 0.494. The highest BCUT2D eigenvalue weighted by Crippen LogP contribution is 2.26. The smallest absolute Gasteiger partial charge is 0.247 e. The number of nitrogens with one attached hydrogen (secondary N) is 1. The molecule has 1 atom stereocenters. The summed E-state index contributed by atoms with van der Waals surface area (Å²) in [5.74, 6) is 0.960. The van der Waals surface area contributed by atoms with Gasteiger partial charge in [-0.2, -0.15) is 10.1 Å². The van der Waals surface area contributed by atoms with Gasteiger partial charge in [-0.1, -0.05) is 12.1 Å². The number of ether oxygens (including phenoxy) is 1. The van der Waals surface area contributed by atoms with E-state index < -0.39 is 9.84 Å². The lowest BCUT2D eigenvalue weighted by Gasteiger charge is -2.06. The van der Waals surface area contributed by atoms with Crippen molar-refractivity contribution in [2.45, 2.75) is 17.9 Å². The van der Waals surface area contributed by atoms with Gasteiger partial charge in [0.1, 0.15) is 0 Å². The van der Waals surface area contributed by atoms with E-state index in [9.17, 15) is 8.42 Å². The molecule has 10 heteroatoms. The molecule has 3 aromatic heterocycles. The molecule has 4 heterocycles. The third-order valence-electron chi connectivity index (χ3n) is 5.31. The van der Waals surface area contributed by atoms with Crippen LogP contribution in [0.15, 0.2) is 59.9 Å². The Morgan fingerprint density at radius 3 is 2.81 bits per heavy atom. The SMILES string of the molecule is CS(=O)(=O)c1ccc(-c2cccn3nc(Nc4cnn(CC5CCOC5)c4)nc23)cc1. The normalized spacial score (nSPS) is 16.7. The van der Waals surface area contributed by atoms with Crippen LogP contribution in [0.1, 0.15) is 6.42 Å². The maximum atomic E-state index is 11.7. The highest BCUT2D eigenvalue weighted by Gasteiger charge is 2.17. The second kappa shape index (κ2) is 7.78. The van der Waals surface area contributed by atoms with Crippen LogP contribution in [0.4, 0.5) is 11.6 Å². The Bertz CT molecular complexity index is 1320. The number of fused-ring (bicyclic) bond motifs is 1. The molecule has 160 valence electrons. The van der Waals surface area contributed by atoms with Crippen LogP contribution in [0.2, 0.25) is 0 Å². The molecule has 0 bridgehead atoms. The molecule has 1 aromatic carbocycles. The van der Waals surface area contributed by atoms with Crippen LogP contribution in [0.5, 0.6) is 0 Å². The largest absolute Gasteiger partial charge is 0.381 e. The van der Waals surface area contributed by atoms with Gasteiger partial charge in [0.15, 0.2) is 15.5 Å². The minimum atomic E-state index is -3.24. The Hall–Kier alpha value is -3.24. The van der Waals surface area contributed by atoms with Crippen LogP contribution in [-0.2, 0) is 21.1 Å². The van der Waals surface area contributed by atoms with E-state index in [0.717, 1.165) is 43.0 Å².